The number of aryl methyl sites for hydroxylation is 2. The number of rotatable bonds is 5. The highest BCUT2D eigenvalue weighted by molar-refractivity contribution is 7.99. The first-order chi connectivity index (χ1) is 9.99. The monoisotopic (exact) mass is 300 g/mol. The molecule has 0 radical (unpaired) electrons. The highest BCUT2D eigenvalue weighted by atomic mass is 32.2. The number of nitrogens with two attached hydrogens (primary N) is 1. The fraction of sp³-hybridized carbons (Fsp3) is 0.312. The van der Waals surface area contributed by atoms with Gasteiger partial charge in [-0.25, -0.2) is 9.97 Å². The standard InChI is InChI=1S/C16H20N4S/c1-10-11(2)19-16(20-12(10)3)21-9-14(15(17)18)13-7-5-4-6-8-13/h4-8,14H,9H2,1-3H3,(H3,17,18). The smallest absolute Gasteiger partial charge is 0.188 e. The van der Waals surface area contributed by atoms with Crippen molar-refractivity contribution >= 4 is 17.6 Å². The number of nitrogens with one attached hydrogen (secondary N) is 1. The summed E-state index contributed by atoms with van der Waals surface area (Å²) in [6, 6.07) is 9.89. The van der Waals surface area contributed by atoms with Gasteiger partial charge < -0.3 is 5.73 Å². The van der Waals surface area contributed by atoms with Crippen molar-refractivity contribution in [3.8, 4) is 0 Å². The molecule has 2 rings (SSSR count). The zero-order valence-electron chi connectivity index (χ0n) is 12.6. The van der Waals surface area contributed by atoms with Gasteiger partial charge in [0.2, 0.25) is 0 Å². The first-order valence-corrected chi connectivity index (χ1v) is 7.81. The van der Waals surface area contributed by atoms with Gasteiger partial charge in [0.15, 0.2) is 5.16 Å². The van der Waals surface area contributed by atoms with Gasteiger partial charge in [-0.15, -0.1) is 0 Å². The lowest BCUT2D eigenvalue weighted by atomic mass is 10.0. The molecule has 0 amide bonds. The van der Waals surface area contributed by atoms with Crippen LogP contribution in [0.1, 0.15) is 28.4 Å². The molecule has 0 spiro atoms. The Labute approximate surface area is 129 Å². The Balaban J connectivity index is 2.15. The minimum atomic E-state index is -0.110. The first-order valence-electron chi connectivity index (χ1n) is 6.82. The molecule has 0 aliphatic heterocycles. The molecular formula is C16H20N4S. The number of thioether (sulfide) groups is 1. The molecule has 0 aliphatic carbocycles. The van der Waals surface area contributed by atoms with Crippen LogP contribution in [0.15, 0.2) is 35.5 Å². The molecule has 0 saturated heterocycles. The largest absolute Gasteiger partial charge is 0.387 e. The van der Waals surface area contributed by atoms with E-state index < -0.39 is 0 Å². The molecule has 0 fully saturated rings. The minimum Gasteiger partial charge on any atom is -0.387 e. The van der Waals surface area contributed by atoms with Crippen molar-refractivity contribution in [2.75, 3.05) is 5.75 Å². The van der Waals surface area contributed by atoms with Crippen molar-refractivity contribution in [2.24, 2.45) is 5.73 Å². The Morgan fingerprint density at radius 3 is 2.24 bits per heavy atom. The summed E-state index contributed by atoms with van der Waals surface area (Å²) < 4.78 is 0. The van der Waals surface area contributed by atoms with Crippen LogP contribution in [0.2, 0.25) is 0 Å². The van der Waals surface area contributed by atoms with E-state index in [0.29, 0.717) is 5.75 Å². The van der Waals surface area contributed by atoms with Gasteiger partial charge in [-0.2, -0.15) is 0 Å². The molecule has 1 heterocycles. The summed E-state index contributed by atoms with van der Waals surface area (Å²) in [6.45, 7) is 6.02. The summed E-state index contributed by atoms with van der Waals surface area (Å²) >= 11 is 1.55. The summed E-state index contributed by atoms with van der Waals surface area (Å²) in [6.07, 6.45) is 0. The molecular weight excluding hydrogens is 280 g/mol. The average Bonchev–Trinajstić information content (AvgIpc) is 2.45. The van der Waals surface area contributed by atoms with Crippen molar-refractivity contribution in [2.45, 2.75) is 31.8 Å². The predicted octanol–water partition coefficient (Wildman–Crippen LogP) is 3.21. The lowest BCUT2D eigenvalue weighted by Gasteiger charge is -2.15. The molecule has 1 unspecified atom stereocenters. The molecule has 110 valence electrons. The summed E-state index contributed by atoms with van der Waals surface area (Å²) in [5, 5.41) is 8.55. The number of hydrogen-bond acceptors (Lipinski definition) is 4. The van der Waals surface area contributed by atoms with E-state index in [1.54, 1.807) is 11.8 Å². The maximum absolute atomic E-state index is 7.80. The third kappa shape index (κ3) is 3.82. The van der Waals surface area contributed by atoms with Crippen molar-refractivity contribution in [3.05, 3.63) is 52.8 Å². The van der Waals surface area contributed by atoms with Crippen LogP contribution < -0.4 is 5.73 Å². The molecule has 1 aromatic carbocycles. The predicted molar refractivity (Wildman–Crippen MR) is 88.1 cm³/mol. The fourth-order valence-corrected chi connectivity index (χ4v) is 3.11. The molecule has 0 saturated carbocycles. The fourth-order valence-electron chi connectivity index (χ4n) is 2.01. The van der Waals surface area contributed by atoms with E-state index in [4.69, 9.17) is 11.1 Å². The molecule has 0 aliphatic rings. The zero-order chi connectivity index (χ0) is 15.4. The van der Waals surface area contributed by atoms with Crippen LogP contribution in [-0.2, 0) is 0 Å². The normalized spacial score (nSPS) is 12.1. The van der Waals surface area contributed by atoms with Crippen LogP contribution in [0.25, 0.3) is 0 Å². The molecule has 2 aromatic rings. The third-order valence-electron chi connectivity index (χ3n) is 3.57. The van der Waals surface area contributed by atoms with Gasteiger partial charge in [0, 0.05) is 17.1 Å². The first kappa shape index (κ1) is 15.5. The quantitative estimate of drug-likeness (QED) is 0.385. The average molecular weight is 300 g/mol. The van der Waals surface area contributed by atoms with E-state index in [0.717, 1.165) is 27.7 Å². The Kier molecular flexibility index (Phi) is 4.96. The van der Waals surface area contributed by atoms with Crippen LogP contribution in [0, 0.1) is 26.2 Å². The van der Waals surface area contributed by atoms with Crippen LogP contribution in [0.4, 0.5) is 0 Å². The highest BCUT2D eigenvalue weighted by Crippen LogP contribution is 2.25. The summed E-state index contributed by atoms with van der Waals surface area (Å²) in [5.74, 6) is 0.734. The van der Waals surface area contributed by atoms with Crippen LogP contribution in [0.3, 0.4) is 0 Å². The summed E-state index contributed by atoms with van der Waals surface area (Å²) in [4.78, 5) is 9.00. The van der Waals surface area contributed by atoms with Crippen LogP contribution in [0.5, 0.6) is 0 Å². The topological polar surface area (TPSA) is 75.7 Å². The molecule has 4 nitrogen and oxygen atoms in total. The van der Waals surface area contributed by atoms with E-state index in [9.17, 15) is 0 Å². The Hall–Kier alpha value is -1.88. The third-order valence-corrected chi connectivity index (χ3v) is 4.51. The van der Waals surface area contributed by atoms with E-state index >= 15 is 0 Å². The number of amidine groups is 1. The van der Waals surface area contributed by atoms with Crippen molar-refractivity contribution in [3.63, 3.8) is 0 Å². The molecule has 3 N–H and O–H groups in total. The summed E-state index contributed by atoms with van der Waals surface area (Å²) in [7, 11) is 0. The lowest BCUT2D eigenvalue weighted by molar-refractivity contribution is 0.877. The van der Waals surface area contributed by atoms with Crippen molar-refractivity contribution in [1.29, 1.82) is 5.41 Å². The second-order valence-corrected chi connectivity index (χ2v) is 6.02. The van der Waals surface area contributed by atoms with E-state index in [-0.39, 0.29) is 11.8 Å². The lowest BCUT2D eigenvalue weighted by Crippen LogP contribution is -2.22. The highest BCUT2D eigenvalue weighted by Gasteiger charge is 2.16. The Bertz CT molecular complexity index is 617. The number of hydrogen-bond donors (Lipinski definition) is 2. The Morgan fingerprint density at radius 2 is 1.71 bits per heavy atom. The van der Waals surface area contributed by atoms with Gasteiger partial charge in [0.1, 0.15) is 0 Å². The SMILES string of the molecule is Cc1nc(SCC(C(=N)N)c2ccccc2)nc(C)c1C. The van der Waals surface area contributed by atoms with E-state index in [1.807, 2.05) is 51.1 Å². The number of aromatic nitrogens is 2. The molecule has 1 aromatic heterocycles. The van der Waals surface area contributed by atoms with Crippen LogP contribution in [-0.4, -0.2) is 21.6 Å². The van der Waals surface area contributed by atoms with E-state index in [1.165, 1.54) is 0 Å². The minimum absolute atomic E-state index is 0.110. The van der Waals surface area contributed by atoms with Gasteiger partial charge in [0.05, 0.1) is 11.8 Å². The molecule has 21 heavy (non-hydrogen) atoms. The van der Waals surface area contributed by atoms with Crippen molar-refractivity contribution < 1.29 is 0 Å². The number of benzene rings is 1. The van der Waals surface area contributed by atoms with Gasteiger partial charge in [-0.1, -0.05) is 42.1 Å². The number of nitrogens with zero attached hydrogens (tertiary/aromatic N) is 2. The van der Waals surface area contributed by atoms with Gasteiger partial charge in [-0.05, 0) is 31.9 Å². The van der Waals surface area contributed by atoms with Gasteiger partial charge in [-0.3, -0.25) is 5.41 Å². The van der Waals surface area contributed by atoms with Gasteiger partial charge >= 0.3 is 0 Å². The van der Waals surface area contributed by atoms with Gasteiger partial charge in [0.25, 0.3) is 0 Å². The molecule has 0 bridgehead atoms. The zero-order valence-corrected chi connectivity index (χ0v) is 13.4. The van der Waals surface area contributed by atoms with Crippen molar-refractivity contribution in [1.82, 2.24) is 9.97 Å². The Morgan fingerprint density at radius 1 is 1.14 bits per heavy atom. The van der Waals surface area contributed by atoms with E-state index in [2.05, 4.69) is 9.97 Å². The summed E-state index contributed by atoms with van der Waals surface area (Å²) in [5.41, 5.74) is 9.94. The maximum atomic E-state index is 7.80. The van der Waals surface area contributed by atoms with Crippen LogP contribution >= 0.6 is 11.8 Å². The maximum Gasteiger partial charge on any atom is 0.188 e. The molecule has 1 atom stereocenters. The molecule has 5 heteroatoms. The second kappa shape index (κ2) is 6.72. The second-order valence-electron chi connectivity index (χ2n) is 5.03.